The van der Waals surface area contributed by atoms with E-state index in [1.807, 2.05) is 29.1 Å². The van der Waals surface area contributed by atoms with Crippen molar-refractivity contribution in [1.82, 2.24) is 20.0 Å². The van der Waals surface area contributed by atoms with Gasteiger partial charge in [0.2, 0.25) is 0 Å². The van der Waals surface area contributed by atoms with Crippen molar-refractivity contribution in [2.24, 2.45) is 5.92 Å². The van der Waals surface area contributed by atoms with Crippen molar-refractivity contribution in [3.05, 3.63) is 42.1 Å². The number of nitrogens with one attached hydrogen (secondary N) is 2. The van der Waals surface area contributed by atoms with Crippen LogP contribution < -0.4 is 15.4 Å². The molecule has 0 radical (unpaired) electrons. The highest BCUT2D eigenvalue weighted by atomic mass is 16.5. The first-order valence-corrected chi connectivity index (χ1v) is 8.54. The van der Waals surface area contributed by atoms with Gasteiger partial charge in [0, 0.05) is 50.3 Å². The quantitative estimate of drug-likeness (QED) is 0.771. The first kappa shape index (κ1) is 16.8. The third-order valence-electron chi connectivity index (χ3n) is 4.24. The molecular formula is C18H27N5O. The molecule has 2 aromatic rings. The van der Waals surface area contributed by atoms with Crippen molar-refractivity contribution in [3.63, 3.8) is 0 Å². The van der Waals surface area contributed by atoms with Crippen LogP contribution in [0.5, 0.6) is 5.75 Å². The molecule has 0 saturated heterocycles. The summed E-state index contributed by atoms with van der Waals surface area (Å²) in [4.78, 5) is 2.13. The maximum absolute atomic E-state index is 5.92. The van der Waals surface area contributed by atoms with Gasteiger partial charge in [-0.05, 0) is 20.2 Å². The van der Waals surface area contributed by atoms with Gasteiger partial charge in [0.1, 0.15) is 18.2 Å². The van der Waals surface area contributed by atoms with Crippen LogP contribution in [0, 0.1) is 5.92 Å². The van der Waals surface area contributed by atoms with Gasteiger partial charge in [-0.25, -0.2) is 4.68 Å². The lowest BCUT2D eigenvalue weighted by Gasteiger charge is -2.25. The summed E-state index contributed by atoms with van der Waals surface area (Å²) in [5.74, 6) is 2.63. The molecule has 2 N–H and O–H groups in total. The number of para-hydroxylation sites is 1. The number of hydrogen-bond donors (Lipinski definition) is 2. The molecule has 0 bridgehead atoms. The molecule has 1 atom stereocenters. The van der Waals surface area contributed by atoms with Gasteiger partial charge in [-0.1, -0.05) is 18.2 Å². The zero-order valence-corrected chi connectivity index (χ0v) is 14.5. The lowest BCUT2D eigenvalue weighted by molar-refractivity contribution is 0.259. The Kier molecular flexibility index (Phi) is 5.72. The van der Waals surface area contributed by atoms with E-state index in [0.29, 0.717) is 12.5 Å². The Bertz CT molecular complexity index is 640. The van der Waals surface area contributed by atoms with Crippen molar-refractivity contribution in [1.29, 1.82) is 0 Å². The van der Waals surface area contributed by atoms with Crippen LogP contribution >= 0.6 is 0 Å². The number of nitrogens with zero attached hydrogens (tertiary/aromatic N) is 3. The maximum atomic E-state index is 5.92. The van der Waals surface area contributed by atoms with E-state index in [0.717, 1.165) is 44.3 Å². The number of aromatic nitrogens is 2. The van der Waals surface area contributed by atoms with E-state index >= 15 is 0 Å². The standard InChI is InChI=1S/C18H27N5O/c1-22(2)9-10-24-17-6-4-3-5-16(17)13-19-11-15-12-20-18-7-8-21-23(18)14-15/h3-8,15,19-20H,9-14H2,1-2H3/t15-/m0/s1. The Balaban J connectivity index is 1.46. The van der Waals surface area contributed by atoms with Gasteiger partial charge < -0.3 is 20.3 Å². The van der Waals surface area contributed by atoms with Crippen LogP contribution in [0.3, 0.4) is 0 Å². The Labute approximate surface area is 143 Å². The highest BCUT2D eigenvalue weighted by Crippen LogP contribution is 2.19. The molecule has 1 aliphatic rings. The van der Waals surface area contributed by atoms with E-state index < -0.39 is 0 Å². The number of ether oxygens (including phenoxy) is 1. The Morgan fingerprint density at radius 3 is 3.08 bits per heavy atom. The first-order chi connectivity index (χ1) is 11.7. The van der Waals surface area contributed by atoms with E-state index in [1.165, 1.54) is 5.56 Å². The first-order valence-electron chi connectivity index (χ1n) is 8.54. The van der Waals surface area contributed by atoms with E-state index in [-0.39, 0.29) is 0 Å². The molecule has 24 heavy (non-hydrogen) atoms. The molecule has 0 fully saturated rings. The molecule has 1 aliphatic heterocycles. The molecule has 6 heteroatoms. The summed E-state index contributed by atoms with van der Waals surface area (Å²) in [7, 11) is 4.11. The van der Waals surface area contributed by atoms with Crippen LogP contribution in [-0.2, 0) is 13.1 Å². The number of fused-ring (bicyclic) bond motifs is 1. The smallest absolute Gasteiger partial charge is 0.124 e. The molecular weight excluding hydrogens is 302 g/mol. The summed E-state index contributed by atoms with van der Waals surface area (Å²) in [6.07, 6.45) is 1.85. The monoisotopic (exact) mass is 329 g/mol. The number of benzene rings is 1. The van der Waals surface area contributed by atoms with E-state index in [2.05, 4.69) is 46.9 Å². The zero-order chi connectivity index (χ0) is 16.8. The van der Waals surface area contributed by atoms with Gasteiger partial charge in [-0.3, -0.25) is 0 Å². The number of rotatable bonds is 8. The van der Waals surface area contributed by atoms with Gasteiger partial charge in [-0.15, -0.1) is 0 Å². The summed E-state index contributed by atoms with van der Waals surface area (Å²) in [5, 5.41) is 11.3. The molecule has 0 unspecified atom stereocenters. The normalized spacial score (nSPS) is 16.7. The summed E-state index contributed by atoms with van der Waals surface area (Å²) in [5.41, 5.74) is 1.21. The van der Waals surface area contributed by atoms with Crippen molar-refractivity contribution < 1.29 is 4.74 Å². The molecule has 130 valence electrons. The molecule has 0 saturated carbocycles. The minimum atomic E-state index is 0.541. The maximum Gasteiger partial charge on any atom is 0.124 e. The predicted octanol–water partition coefficient (Wildman–Crippen LogP) is 1.65. The van der Waals surface area contributed by atoms with Crippen LogP contribution in [0.25, 0.3) is 0 Å². The largest absolute Gasteiger partial charge is 0.492 e. The fourth-order valence-electron chi connectivity index (χ4n) is 2.86. The minimum absolute atomic E-state index is 0.541. The highest BCUT2D eigenvalue weighted by molar-refractivity contribution is 5.35. The second-order valence-electron chi connectivity index (χ2n) is 6.54. The number of likely N-dealkylation sites (N-methyl/N-ethyl adjacent to an activating group) is 1. The molecule has 6 nitrogen and oxygen atoms in total. The Hall–Kier alpha value is -2.05. The van der Waals surface area contributed by atoms with Gasteiger partial charge in [0.15, 0.2) is 0 Å². The zero-order valence-electron chi connectivity index (χ0n) is 14.5. The van der Waals surface area contributed by atoms with Crippen molar-refractivity contribution in [3.8, 4) is 5.75 Å². The van der Waals surface area contributed by atoms with Crippen LogP contribution in [0.2, 0.25) is 0 Å². The van der Waals surface area contributed by atoms with E-state index in [1.54, 1.807) is 0 Å². The van der Waals surface area contributed by atoms with E-state index in [9.17, 15) is 0 Å². The second-order valence-corrected chi connectivity index (χ2v) is 6.54. The predicted molar refractivity (Wildman–Crippen MR) is 96.4 cm³/mol. The van der Waals surface area contributed by atoms with Gasteiger partial charge in [-0.2, -0.15) is 5.10 Å². The average molecular weight is 329 g/mol. The Morgan fingerprint density at radius 1 is 1.33 bits per heavy atom. The molecule has 3 rings (SSSR count). The fraction of sp³-hybridized carbons (Fsp3) is 0.500. The Morgan fingerprint density at radius 2 is 2.21 bits per heavy atom. The molecule has 0 aliphatic carbocycles. The lowest BCUT2D eigenvalue weighted by Crippen LogP contribution is -2.35. The van der Waals surface area contributed by atoms with Crippen molar-refractivity contribution in [2.45, 2.75) is 13.1 Å². The van der Waals surface area contributed by atoms with Crippen molar-refractivity contribution in [2.75, 3.05) is 45.7 Å². The number of hydrogen-bond acceptors (Lipinski definition) is 5. The number of anilines is 1. The van der Waals surface area contributed by atoms with Gasteiger partial charge >= 0.3 is 0 Å². The van der Waals surface area contributed by atoms with Crippen LogP contribution in [0.15, 0.2) is 36.5 Å². The molecule has 1 aromatic carbocycles. The minimum Gasteiger partial charge on any atom is -0.492 e. The van der Waals surface area contributed by atoms with Crippen LogP contribution in [0.4, 0.5) is 5.82 Å². The molecule has 2 heterocycles. The SMILES string of the molecule is CN(C)CCOc1ccccc1CNC[C@H]1CNc2ccnn2C1. The summed E-state index contributed by atoms with van der Waals surface area (Å²) in [6.45, 7) is 5.35. The summed E-state index contributed by atoms with van der Waals surface area (Å²) in [6, 6.07) is 10.3. The molecule has 0 spiro atoms. The topological polar surface area (TPSA) is 54.4 Å². The third-order valence-corrected chi connectivity index (χ3v) is 4.24. The van der Waals surface area contributed by atoms with Crippen LogP contribution in [-0.4, -0.2) is 55.0 Å². The van der Waals surface area contributed by atoms with Gasteiger partial charge in [0.05, 0.1) is 6.20 Å². The summed E-state index contributed by atoms with van der Waals surface area (Å²) >= 11 is 0. The summed E-state index contributed by atoms with van der Waals surface area (Å²) < 4.78 is 7.95. The lowest BCUT2D eigenvalue weighted by atomic mass is 10.1. The average Bonchev–Trinajstić information content (AvgIpc) is 3.03. The fourth-order valence-corrected chi connectivity index (χ4v) is 2.86. The van der Waals surface area contributed by atoms with Crippen molar-refractivity contribution >= 4 is 5.82 Å². The van der Waals surface area contributed by atoms with Crippen LogP contribution in [0.1, 0.15) is 5.56 Å². The second kappa shape index (κ2) is 8.17. The highest BCUT2D eigenvalue weighted by Gasteiger charge is 2.17. The van der Waals surface area contributed by atoms with E-state index in [4.69, 9.17) is 4.74 Å². The molecule has 1 aromatic heterocycles. The van der Waals surface area contributed by atoms with Gasteiger partial charge in [0.25, 0.3) is 0 Å². The third kappa shape index (κ3) is 4.49. The molecule has 0 amide bonds.